The molecule has 150 valence electrons. The van der Waals surface area contributed by atoms with Crippen LogP contribution in [0.15, 0.2) is 77.7 Å². The van der Waals surface area contributed by atoms with E-state index in [1.54, 1.807) is 42.5 Å². The molecule has 0 spiro atoms. The van der Waals surface area contributed by atoms with Crippen LogP contribution in [0, 0.1) is 11.3 Å². The highest BCUT2D eigenvalue weighted by Crippen LogP contribution is 2.23. The first-order valence-corrected chi connectivity index (χ1v) is 11.0. The molecule has 0 saturated heterocycles. The second-order valence-electron chi connectivity index (χ2n) is 7.02. The normalized spacial score (nSPS) is 11.3. The van der Waals surface area contributed by atoms with Gasteiger partial charge in [-0.3, -0.25) is 4.72 Å². The Morgan fingerprint density at radius 1 is 1.00 bits per heavy atom. The maximum Gasteiger partial charge on any atom is 0.261 e. The molecule has 0 radical (unpaired) electrons. The van der Waals surface area contributed by atoms with Crippen molar-refractivity contribution >= 4 is 26.7 Å². The van der Waals surface area contributed by atoms with Gasteiger partial charge in [-0.25, -0.2) is 13.4 Å². The van der Waals surface area contributed by atoms with Crippen molar-refractivity contribution in [2.24, 2.45) is 7.05 Å². The van der Waals surface area contributed by atoms with Crippen LogP contribution < -0.4 is 4.72 Å². The lowest BCUT2D eigenvalue weighted by Crippen LogP contribution is -2.12. The maximum absolute atomic E-state index is 12.6. The van der Waals surface area contributed by atoms with E-state index in [1.165, 1.54) is 0 Å². The lowest BCUT2D eigenvalue weighted by Gasteiger charge is -2.08. The van der Waals surface area contributed by atoms with E-state index in [9.17, 15) is 8.42 Å². The highest BCUT2D eigenvalue weighted by atomic mass is 32.2. The zero-order chi connectivity index (χ0) is 21.1. The van der Waals surface area contributed by atoms with Gasteiger partial charge in [-0.2, -0.15) is 5.26 Å². The Kier molecular flexibility index (Phi) is 5.25. The summed E-state index contributed by atoms with van der Waals surface area (Å²) in [6.07, 6.45) is 1.54. The predicted octanol–water partition coefficient (Wildman–Crippen LogP) is 4.03. The molecule has 4 rings (SSSR count). The van der Waals surface area contributed by atoms with E-state index in [2.05, 4.69) is 10.8 Å². The second-order valence-corrected chi connectivity index (χ2v) is 8.70. The largest absolute Gasteiger partial charge is 0.331 e. The summed E-state index contributed by atoms with van der Waals surface area (Å²) in [5.41, 5.74) is 3.93. The molecule has 3 aromatic carbocycles. The molecule has 0 bridgehead atoms. The zero-order valence-corrected chi connectivity index (χ0v) is 17.2. The number of anilines is 1. The molecule has 30 heavy (non-hydrogen) atoms. The predicted molar refractivity (Wildman–Crippen MR) is 117 cm³/mol. The zero-order valence-electron chi connectivity index (χ0n) is 16.4. The Bertz CT molecular complexity index is 1340. The highest BCUT2D eigenvalue weighted by Gasteiger charge is 2.15. The lowest BCUT2D eigenvalue weighted by atomic mass is 10.1. The number of imidazole rings is 1. The maximum atomic E-state index is 12.6. The molecule has 4 aromatic rings. The van der Waals surface area contributed by atoms with Crippen LogP contribution in [0.1, 0.15) is 17.0 Å². The molecule has 0 unspecified atom stereocenters. The van der Waals surface area contributed by atoms with E-state index in [-0.39, 0.29) is 4.90 Å². The van der Waals surface area contributed by atoms with Gasteiger partial charge in [0.2, 0.25) is 0 Å². The summed E-state index contributed by atoms with van der Waals surface area (Å²) in [6.45, 7) is 0. The first-order valence-electron chi connectivity index (χ1n) is 9.48. The molecule has 7 heteroatoms. The van der Waals surface area contributed by atoms with Gasteiger partial charge in [-0.05, 0) is 54.4 Å². The summed E-state index contributed by atoms with van der Waals surface area (Å²) in [7, 11) is -1.69. The number of nitrogens with one attached hydrogen (secondary N) is 1. The van der Waals surface area contributed by atoms with Crippen molar-refractivity contribution in [2.45, 2.75) is 17.7 Å². The molecule has 0 atom stereocenters. The SMILES string of the molecule is Cn1c(CCc2ccc(C#N)cc2)nc2cc(NS(=O)(=O)c3ccccc3)ccc21. The van der Waals surface area contributed by atoms with Gasteiger partial charge in [0.05, 0.1) is 33.2 Å². The Hall–Kier alpha value is -3.63. The number of sulfonamides is 1. The van der Waals surface area contributed by atoms with Gasteiger partial charge in [0, 0.05) is 13.5 Å². The fourth-order valence-corrected chi connectivity index (χ4v) is 4.42. The smallest absolute Gasteiger partial charge is 0.261 e. The van der Waals surface area contributed by atoms with Gasteiger partial charge >= 0.3 is 0 Å². The van der Waals surface area contributed by atoms with E-state index >= 15 is 0 Å². The molecule has 0 saturated carbocycles. The molecule has 0 aliphatic heterocycles. The molecule has 1 aromatic heterocycles. The first kappa shape index (κ1) is 19.7. The minimum absolute atomic E-state index is 0.217. The van der Waals surface area contributed by atoms with Crippen LogP contribution in [0.25, 0.3) is 11.0 Å². The summed E-state index contributed by atoms with van der Waals surface area (Å²) in [5, 5.41) is 8.91. The number of aryl methyl sites for hydroxylation is 3. The Labute approximate surface area is 175 Å². The summed E-state index contributed by atoms with van der Waals surface area (Å²) in [6, 6.07) is 23.3. The highest BCUT2D eigenvalue weighted by molar-refractivity contribution is 7.92. The van der Waals surface area contributed by atoms with E-state index in [0.29, 0.717) is 11.3 Å². The van der Waals surface area contributed by atoms with Crippen molar-refractivity contribution in [1.29, 1.82) is 5.26 Å². The first-order chi connectivity index (χ1) is 14.5. The van der Waals surface area contributed by atoms with Crippen LogP contribution in [-0.4, -0.2) is 18.0 Å². The van der Waals surface area contributed by atoms with E-state index in [0.717, 1.165) is 35.3 Å². The molecule has 6 nitrogen and oxygen atoms in total. The van der Waals surface area contributed by atoms with E-state index in [4.69, 9.17) is 10.2 Å². The quantitative estimate of drug-likeness (QED) is 0.514. The average molecular weight is 417 g/mol. The molecule has 0 fully saturated rings. The Balaban J connectivity index is 1.54. The van der Waals surface area contributed by atoms with Gasteiger partial charge in [-0.1, -0.05) is 30.3 Å². The van der Waals surface area contributed by atoms with Crippen molar-refractivity contribution in [3.8, 4) is 6.07 Å². The van der Waals surface area contributed by atoms with E-state index in [1.807, 2.05) is 41.9 Å². The van der Waals surface area contributed by atoms with Crippen molar-refractivity contribution in [2.75, 3.05) is 4.72 Å². The van der Waals surface area contributed by atoms with Gasteiger partial charge in [0.15, 0.2) is 0 Å². The Morgan fingerprint density at radius 3 is 2.43 bits per heavy atom. The number of benzene rings is 3. The summed E-state index contributed by atoms with van der Waals surface area (Å²) in [5.74, 6) is 0.914. The van der Waals surface area contributed by atoms with Crippen LogP contribution in [0.2, 0.25) is 0 Å². The Morgan fingerprint density at radius 2 is 1.73 bits per heavy atom. The number of hydrogen-bond acceptors (Lipinski definition) is 4. The van der Waals surface area contributed by atoms with Gasteiger partial charge in [-0.15, -0.1) is 0 Å². The van der Waals surface area contributed by atoms with Crippen molar-refractivity contribution < 1.29 is 8.42 Å². The molecule has 1 N–H and O–H groups in total. The monoisotopic (exact) mass is 416 g/mol. The number of nitrogens with zero attached hydrogens (tertiary/aromatic N) is 3. The summed E-state index contributed by atoms with van der Waals surface area (Å²) < 4.78 is 29.8. The molecule has 0 amide bonds. The standard InChI is InChI=1S/C23H20N4O2S/c1-27-22-13-12-19(26-30(28,29)20-5-3-2-4-6-20)15-21(22)25-23(27)14-11-17-7-9-18(16-24)10-8-17/h2-10,12-13,15,26H,11,14H2,1H3. The van der Waals surface area contributed by atoms with Crippen molar-refractivity contribution in [3.63, 3.8) is 0 Å². The summed E-state index contributed by atoms with van der Waals surface area (Å²) in [4.78, 5) is 4.92. The van der Waals surface area contributed by atoms with Crippen LogP contribution >= 0.6 is 0 Å². The average Bonchev–Trinajstić information content (AvgIpc) is 3.08. The third-order valence-corrected chi connectivity index (χ3v) is 6.40. The van der Waals surface area contributed by atoms with Gasteiger partial charge in [0.25, 0.3) is 10.0 Å². The number of rotatable bonds is 6. The topological polar surface area (TPSA) is 87.8 Å². The number of aromatic nitrogens is 2. The third-order valence-electron chi connectivity index (χ3n) is 5.00. The van der Waals surface area contributed by atoms with Crippen LogP contribution in [-0.2, 0) is 29.9 Å². The molecular weight excluding hydrogens is 396 g/mol. The lowest BCUT2D eigenvalue weighted by molar-refractivity contribution is 0.601. The summed E-state index contributed by atoms with van der Waals surface area (Å²) >= 11 is 0. The van der Waals surface area contributed by atoms with Crippen LogP contribution in [0.5, 0.6) is 0 Å². The number of nitriles is 1. The van der Waals surface area contributed by atoms with Gasteiger partial charge in [0.1, 0.15) is 5.82 Å². The van der Waals surface area contributed by atoms with Crippen molar-refractivity contribution in [1.82, 2.24) is 9.55 Å². The second kappa shape index (κ2) is 8.01. The fourth-order valence-electron chi connectivity index (χ4n) is 3.35. The molecule has 1 heterocycles. The molecule has 0 aliphatic rings. The minimum atomic E-state index is -3.64. The van der Waals surface area contributed by atoms with Crippen molar-refractivity contribution in [3.05, 3.63) is 89.7 Å². The minimum Gasteiger partial charge on any atom is -0.331 e. The van der Waals surface area contributed by atoms with Gasteiger partial charge < -0.3 is 4.57 Å². The van der Waals surface area contributed by atoms with Crippen LogP contribution in [0.3, 0.4) is 0 Å². The molecule has 0 aliphatic carbocycles. The van der Waals surface area contributed by atoms with Crippen LogP contribution in [0.4, 0.5) is 5.69 Å². The molecular formula is C23H20N4O2S. The number of hydrogen-bond donors (Lipinski definition) is 1. The van der Waals surface area contributed by atoms with E-state index < -0.39 is 10.0 Å². The number of fused-ring (bicyclic) bond motifs is 1. The third kappa shape index (κ3) is 4.04. The fraction of sp³-hybridized carbons (Fsp3) is 0.130.